The van der Waals surface area contributed by atoms with Gasteiger partial charge < -0.3 is 10.0 Å². The smallest absolute Gasteiger partial charge is 0.416 e. The molecule has 2 aliphatic heterocycles. The molecule has 5 rings (SSSR count). The Balaban J connectivity index is 1.33. The Morgan fingerprint density at radius 2 is 1.87 bits per heavy atom. The summed E-state index contributed by atoms with van der Waals surface area (Å²) in [5, 5.41) is 11.8. The number of hydrogen-bond acceptors (Lipinski definition) is 9. The SMILES string of the molecule is C[C@@H]1CCCCN1Cc1sc(NC(=O)c2cnc(N3CCN(CCC(=O)O)C[C@@H]3C)cn2)nc1-c1cc(F)cc(C(F)(F)F)c1. The van der Waals surface area contributed by atoms with Gasteiger partial charge in [-0.05, 0) is 51.4 Å². The maximum atomic E-state index is 14.4. The van der Waals surface area contributed by atoms with Crippen LogP contribution in [0.25, 0.3) is 11.3 Å². The molecular formula is C30H35F4N7O3S. The number of likely N-dealkylation sites (tertiary alicyclic amines) is 1. The number of aliphatic carboxylic acids is 1. The van der Waals surface area contributed by atoms with Gasteiger partial charge in [0.05, 0.1) is 30.1 Å². The average Bonchev–Trinajstić information content (AvgIpc) is 3.38. The van der Waals surface area contributed by atoms with Crippen LogP contribution in [-0.2, 0) is 17.5 Å². The van der Waals surface area contributed by atoms with Crippen LogP contribution in [0.1, 0.15) is 60.5 Å². The summed E-state index contributed by atoms with van der Waals surface area (Å²) in [6, 6.07) is 2.67. The molecule has 2 saturated heterocycles. The van der Waals surface area contributed by atoms with E-state index in [-0.39, 0.29) is 40.6 Å². The van der Waals surface area contributed by atoms with E-state index in [1.54, 1.807) is 0 Å². The van der Waals surface area contributed by atoms with Gasteiger partial charge in [0, 0.05) is 55.2 Å². The van der Waals surface area contributed by atoms with Gasteiger partial charge in [-0.3, -0.25) is 24.7 Å². The van der Waals surface area contributed by atoms with Crippen LogP contribution in [-0.4, -0.2) is 86.5 Å². The summed E-state index contributed by atoms with van der Waals surface area (Å²) >= 11 is 1.14. The standard InChI is InChI=1S/C30H35F4N7O3S/c1-18-5-3-4-7-40(18)17-24-27(20-11-21(30(32,33)34)13-22(31)12-20)37-29(45-24)38-28(44)23-14-36-25(15-35-23)41-10-9-39(16-19(41)2)8-6-26(42)43/h11-15,18-19H,3-10,16-17H2,1-2H3,(H,42,43)(H,37,38,44)/t18-,19+/m1/s1. The van der Waals surface area contributed by atoms with E-state index in [2.05, 4.69) is 37.0 Å². The maximum absolute atomic E-state index is 14.4. The molecule has 1 amide bonds. The van der Waals surface area contributed by atoms with Crippen molar-refractivity contribution >= 4 is 34.2 Å². The normalized spacial score (nSPS) is 19.9. The third-order valence-corrected chi connectivity index (χ3v) is 9.18. The van der Waals surface area contributed by atoms with Crippen LogP contribution in [0.3, 0.4) is 0 Å². The van der Waals surface area contributed by atoms with E-state index in [9.17, 15) is 27.2 Å². The van der Waals surface area contributed by atoms with Gasteiger partial charge in [-0.1, -0.05) is 17.8 Å². The molecule has 10 nitrogen and oxygen atoms in total. The number of thiazole rings is 1. The van der Waals surface area contributed by atoms with E-state index in [4.69, 9.17) is 5.11 Å². The molecule has 0 bridgehead atoms. The third kappa shape index (κ3) is 8.13. The zero-order valence-corrected chi connectivity index (χ0v) is 25.8. The second kappa shape index (κ2) is 13.7. The Morgan fingerprint density at radius 1 is 1.07 bits per heavy atom. The number of rotatable bonds is 9. The lowest BCUT2D eigenvalue weighted by Gasteiger charge is -2.40. The Hall–Kier alpha value is -3.69. The zero-order chi connectivity index (χ0) is 32.3. The predicted molar refractivity (Wildman–Crippen MR) is 162 cm³/mol. The van der Waals surface area contributed by atoms with E-state index in [0.29, 0.717) is 49.5 Å². The average molecular weight is 650 g/mol. The van der Waals surface area contributed by atoms with Gasteiger partial charge in [0.25, 0.3) is 5.91 Å². The topological polar surface area (TPSA) is 115 Å². The summed E-state index contributed by atoms with van der Waals surface area (Å²) in [7, 11) is 0. The number of anilines is 2. The molecule has 0 radical (unpaired) electrons. The van der Waals surface area contributed by atoms with Crippen LogP contribution in [0.15, 0.2) is 30.6 Å². The molecule has 2 aromatic heterocycles. The van der Waals surface area contributed by atoms with Gasteiger partial charge in [0.1, 0.15) is 17.3 Å². The Labute approximate surface area is 262 Å². The molecule has 0 spiro atoms. The van der Waals surface area contributed by atoms with Crippen LogP contribution in [0.5, 0.6) is 0 Å². The van der Waals surface area contributed by atoms with Crippen molar-refractivity contribution in [3.63, 3.8) is 0 Å². The summed E-state index contributed by atoms with van der Waals surface area (Å²) < 4.78 is 54.9. The number of benzene rings is 1. The van der Waals surface area contributed by atoms with Gasteiger partial charge in [-0.25, -0.2) is 19.3 Å². The number of carbonyl (C=O) groups is 2. The van der Waals surface area contributed by atoms with Crippen LogP contribution in [0, 0.1) is 5.82 Å². The first kappa shape index (κ1) is 32.7. The Morgan fingerprint density at radius 3 is 2.53 bits per heavy atom. The van der Waals surface area contributed by atoms with Crippen molar-refractivity contribution in [2.75, 3.05) is 42.9 Å². The summed E-state index contributed by atoms with van der Waals surface area (Å²) in [5.41, 5.74) is -0.907. The van der Waals surface area contributed by atoms with Crippen LogP contribution < -0.4 is 10.2 Å². The van der Waals surface area contributed by atoms with Crippen molar-refractivity contribution in [1.82, 2.24) is 24.8 Å². The van der Waals surface area contributed by atoms with Crippen LogP contribution >= 0.6 is 11.3 Å². The fraction of sp³-hybridized carbons (Fsp3) is 0.500. The van der Waals surface area contributed by atoms with Crippen molar-refractivity contribution in [3.8, 4) is 11.3 Å². The summed E-state index contributed by atoms with van der Waals surface area (Å²) in [4.78, 5) is 44.2. The molecule has 2 atom stereocenters. The first-order valence-electron chi connectivity index (χ1n) is 14.8. The molecule has 2 fully saturated rings. The van der Waals surface area contributed by atoms with Crippen molar-refractivity contribution in [1.29, 1.82) is 0 Å². The van der Waals surface area contributed by atoms with E-state index in [1.165, 1.54) is 12.4 Å². The number of alkyl halides is 3. The van der Waals surface area contributed by atoms with E-state index < -0.39 is 29.4 Å². The Kier molecular flexibility index (Phi) is 9.99. The summed E-state index contributed by atoms with van der Waals surface area (Å²) in [5.74, 6) is -1.87. The highest BCUT2D eigenvalue weighted by Crippen LogP contribution is 2.37. The van der Waals surface area contributed by atoms with Crippen molar-refractivity contribution < 1.29 is 32.3 Å². The molecule has 0 unspecified atom stereocenters. The quantitative estimate of drug-likeness (QED) is 0.296. The highest BCUT2D eigenvalue weighted by atomic mass is 32.1. The number of halogens is 4. The molecule has 3 aromatic rings. The molecular weight excluding hydrogens is 614 g/mol. The molecule has 0 aliphatic carbocycles. The number of carboxylic acids is 1. The van der Waals surface area contributed by atoms with Gasteiger partial charge >= 0.3 is 12.1 Å². The molecule has 2 N–H and O–H groups in total. The lowest BCUT2D eigenvalue weighted by Crippen LogP contribution is -2.52. The second-order valence-corrected chi connectivity index (χ2v) is 12.6. The first-order chi connectivity index (χ1) is 21.4. The van der Waals surface area contributed by atoms with Gasteiger partial charge in [-0.15, -0.1) is 0 Å². The second-order valence-electron chi connectivity index (χ2n) is 11.5. The lowest BCUT2D eigenvalue weighted by atomic mass is 10.0. The number of piperazine rings is 1. The van der Waals surface area contributed by atoms with E-state index >= 15 is 0 Å². The predicted octanol–water partition coefficient (Wildman–Crippen LogP) is 5.37. The molecule has 45 heavy (non-hydrogen) atoms. The largest absolute Gasteiger partial charge is 0.481 e. The van der Waals surface area contributed by atoms with Crippen LogP contribution in [0.4, 0.5) is 28.5 Å². The fourth-order valence-corrected chi connectivity index (χ4v) is 6.79. The number of carboxylic acid groups (broad SMARTS) is 1. The summed E-state index contributed by atoms with van der Waals surface area (Å²) in [6.45, 7) is 7.74. The molecule has 15 heteroatoms. The Bertz CT molecular complexity index is 1520. The van der Waals surface area contributed by atoms with Crippen molar-refractivity contribution in [2.24, 2.45) is 0 Å². The monoisotopic (exact) mass is 649 g/mol. The number of hydrogen-bond donors (Lipinski definition) is 2. The van der Waals surface area contributed by atoms with Gasteiger partial charge in [-0.2, -0.15) is 13.2 Å². The maximum Gasteiger partial charge on any atom is 0.416 e. The molecule has 2 aliphatic rings. The van der Waals surface area contributed by atoms with Crippen molar-refractivity contribution in [3.05, 3.63) is 52.5 Å². The summed E-state index contributed by atoms with van der Waals surface area (Å²) in [6.07, 6.45) is 1.27. The number of carbonyl (C=O) groups excluding carboxylic acids is 1. The minimum Gasteiger partial charge on any atom is -0.481 e. The highest BCUT2D eigenvalue weighted by Gasteiger charge is 2.32. The first-order valence-corrected chi connectivity index (χ1v) is 15.6. The third-order valence-electron chi connectivity index (χ3n) is 8.22. The van der Waals surface area contributed by atoms with Crippen LogP contribution in [0.2, 0.25) is 0 Å². The fourth-order valence-electron chi connectivity index (χ4n) is 5.78. The number of amides is 1. The molecule has 242 valence electrons. The number of aromatic nitrogens is 3. The minimum atomic E-state index is -4.73. The molecule has 4 heterocycles. The molecule has 1 aromatic carbocycles. The number of piperidine rings is 1. The number of nitrogens with one attached hydrogen (secondary N) is 1. The van der Waals surface area contributed by atoms with Crippen molar-refractivity contribution in [2.45, 2.75) is 64.3 Å². The van der Waals surface area contributed by atoms with Gasteiger partial charge in [0.2, 0.25) is 0 Å². The van der Waals surface area contributed by atoms with E-state index in [1.807, 2.05) is 11.8 Å². The lowest BCUT2D eigenvalue weighted by molar-refractivity contribution is -0.138. The number of nitrogens with zero attached hydrogens (tertiary/aromatic N) is 6. The minimum absolute atomic E-state index is 0.0138. The molecule has 0 saturated carbocycles. The van der Waals surface area contributed by atoms with Gasteiger partial charge in [0.15, 0.2) is 5.13 Å². The van der Waals surface area contributed by atoms with E-state index in [0.717, 1.165) is 49.3 Å². The zero-order valence-electron chi connectivity index (χ0n) is 25.0. The highest BCUT2D eigenvalue weighted by molar-refractivity contribution is 7.16.